The normalized spacial score (nSPS) is 14.8. The summed E-state index contributed by atoms with van der Waals surface area (Å²) < 4.78 is 14.2. The minimum Gasteiger partial charge on any atom is -0.389 e. The molecule has 2 nitrogen and oxygen atoms in total. The lowest BCUT2D eigenvalue weighted by Crippen LogP contribution is -2.36. The Kier molecular flexibility index (Phi) is 4.89. The molecule has 1 aromatic carbocycles. The van der Waals surface area contributed by atoms with E-state index in [0.717, 1.165) is 4.47 Å². The number of nitrogens with one attached hydrogen (secondary N) is 1. The van der Waals surface area contributed by atoms with Crippen LogP contribution in [0.25, 0.3) is 0 Å². The van der Waals surface area contributed by atoms with Gasteiger partial charge in [-0.3, -0.25) is 0 Å². The van der Waals surface area contributed by atoms with Gasteiger partial charge in [0, 0.05) is 23.1 Å². The van der Waals surface area contributed by atoms with Crippen LogP contribution >= 0.6 is 15.9 Å². The first kappa shape index (κ1) is 13.6. The van der Waals surface area contributed by atoms with Crippen LogP contribution in [0, 0.1) is 5.82 Å². The van der Waals surface area contributed by atoms with Crippen molar-refractivity contribution in [3.8, 4) is 0 Å². The van der Waals surface area contributed by atoms with E-state index in [4.69, 9.17) is 0 Å². The SMILES string of the molecule is CCC(C)(O)CNCc1ccc(Br)cc1F. The summed E-state index contributed by atoms with van der Waals surface area (Å²) in [6.07, 6.45) is 0.669. The van der Waals surface area contributed by atoms with E-state index >= 15 is 0 Å². The Morgan fingerprint density at radius 3 is 2.75 bits per heavy atom. The van der Waals surface area contributed by atoms with Crippen molar-refractivity contribution in [1.82, 2.24) is 5.32 Å². The minimum atomic E-state index is -0.730. The summed E-state index contributed by atoms with van der Waals surface area (Å²) in [5.74, 6) is -0.238. The van der Waals surface area contributed by atoms with Gasteiger partial charge in [0.2, 0.25) is 0 Å². The lowest BCUT2D eigenvalue weighted by atomic mass is 10.0. The fourth-order valence-electron chi connectivity index (χ4n) is 1.26. The maximum atomic E-state index is 13.4. The van der Waals surface area contributed by atoms with Gasteiger partial charge in [-0.25, -0.2) is 4.39 Å². The maximum Gasteiger partial charge on any atom is 0.128 e. The second kappa shape index (κ2) is 5.75. The average Bonchev–Trinajstić information content (AvgIpc) is 2.21. The van der Waals surface area contributed by atoms with Crippen LogP contribution in [0.1, 0.15) is 25.8 Å². The summed E-state index contributed by atoms with van der Waals surface area (Å²) in [4.78, 5) is 0. The third-order valence-corrected chi connectivity index (χ3v) is 3.09. The molecule has 1 unspecified atom stereocenters. The van der Waals surface area contributed by atoms with Crippen LogP contribution in [-0.2, 0) is 6.54 Å². The highest BCUT2D eigenvalue weighted by molar-refractivity contribution is 9.10. The standard InChI is InChI=1S/C12H17BrFNO/c1-3-12(2,16)8-15-7-9-4-5-10(13)6-11(9)14/h4-6,15-16H,3,7-8H2,1-2H3. The zero-order valence-electron chi connectivity index (χ0n) is 9.56. The van der Waals surface area contributed by atoms with Crippen LogP contribution in [0.4, 0.5) is 4.39 Å². The highest BCUT2D eigenvalue weighted by atomic mass is 79.9. The number of halogens is 2. The van der Waals surface area contributed by atoms with Crippen molar-refractivity contribution >= 4 is 15.9 Å². The van der Waals surface area contributed by atoms with Gasteiger partial charge in [0.05, 0.1) is 5.60 Å². The molecule has 0 spiro atoms. The van der Waals surface area contributed by atoms with E-state index in [1.807, 2.05) is 6.92 Å². The smallest absolute Gasteiger partial charge is 0.128 e. The fourth-order valence-corrected chi connectivity index (χ4v) is 1.59. The Balaban J connectivity index is 2.49. The van der Waals surface area contributed by atoms with Crippen molar-refractivity contribution in [3.05, 3.63) is 34.1 Å². The molecular formula is C12H17BrFNO. The molecule has 1 rings (SSSR count). The van der Waals surface area contributed by atoms with E-state index in [-0.39, 0.29) is 5.82 Å². The third-order valence-electron chi connectivity index (χ3n) is 2.60. The summed E-state index contributed by atoms with van der Waals surface area (Å²) in [6.45, 7) is 4.56. The predicted octanol–water partition coefficient (Wildman–Crippen LogP) is 2.84. The predicted molar refractivity (Wildman–Crippen MR) is 66.7 cm³/mol. The van der Waals surface area contributed by atoms with Gasteiger partial charge in [0.25, 0.3) is 0 Å². The number of aliphatic hydroxyl groups is 1. The molecule has 0 bridgehead atoms. The number of rotatable bonds is 5. The van der Waals surface area contributed by atoms with Crippen LogP contribution in [0.3, 0.4) is 0 Å². The molecule has 0 saturated carbocycles. The Bertz CT molecular complexity index is 355. The van der Waals surface area contributed by atoms with Gasteiger partial charge in [-0.05, 0) is 25.5 Å². The largest absolute Gasteiger partial charge is 0.389 e. The second-order valence-electron chi connectivity index (χ2n) is 4.19. The number of hydrogen-bond donors (Lipinski definition) is 2. The monoisotopic (exact) mass is 289 g/mol. The summed E-state index contributed by atoms with van der Waals surface area (Å²) in [7, 11) is 0. The Labute approximate surface area is 104 Å². The topological polar surface area (TPSA) is 32.3 Å². The van der Waals surface area contributed by atoms with Crippen molar-refractivity contribution in [3.63, 3.8) is 0 Å². The lowest BCUT2D eigenvalue weighted by Gasteiger charge is -2.21. The first-order valence-electron chi connectivity index (χ1n) is 5.31. The Hall–Kier alpha value is -0.450. The molecule has 0 aromatic heterocycles. The number of benzene rings is 1. The molecule has 16 heavy (non-hydrogen) atoms. The zero-order valence-corrected chi connectivity index (χ0v) is 11.1. The summed E-state index contributed by atoms with van der Waals surface area (Å²) in [5, 5.41) is 12.8. The summed E-state index contributed by atoms with van der Waals surface area (Å²) >= 11 is 3.21. The Morgan fingerprint density at radius 2 is 2.19 bits per heavy atom. The molecule has 2 N–H and O–H groups in total. The van der Waals surface area contributed by atoms with Gasteiger partial charge in [-0.2, -0.15) is 0 Å². The zero-order chi connectivity index (χ0) is 12.2. The molecule has 0 radical (unpaired) electrons. The van der Waals surface area contributed by atoms with Gasteiger partial charge in [-0.15, -0.1) is 0 Å². The van der Waals surface area contributed by atoms with Crippen molar-refractivity contribution in [2.45, 2.75) is 32.4 Å². The van der Waals surface area contributed by atoms with Gasteiger partial charge >= 0.3 is 0 Å². The third kappa shape index (κ3) is 4.20. The molecule has 0 aliphatic carbocycles. The summed E-state index contributed by atoms with van der Waals surface area (Å²) in [6, 6.07) is 4.97. The van der Waals surface area contributed by atoms with E-state index in [2.05, 4.69) is 21.2 Å². The molecule has 0 fully saturated rings. The van der Waals surface area contributed by atoms with E-state index in [0.29, 0.717) is 25.1 Å². The van der Waals surface area contributed by atoms with Crippen molar-refractivity contribution in [2.24, 2.45) is 0 Å². The lowest BCUT2D eigenvalue weighted by molar-refractivity contribution is 0.0555. The van der Waals surface area contributed by atoms with Gasteiger partial charge < -0.3 is 10.4 Å². The molecule has 0 amide bonds. The molecule has 0 aliphatic heterocycles. The molecule has 90 valence electrons. The van der Waals surface area contributed by atoms with Crippen LogP contribution in [-0.4, -0.2) is 17.3 Å². The van der Waals surface area contributed by atoms with Crippen LogP contribution in [0.15, 0.2) is 22.7 Å². The summed E-state index contributed by atoms with van der Waals surface area (Å²) in [5.41, 5.74) is -0.124. The van der Waals surface area contributed by atoms with Crippen molar-refractivity contribution in [2.75, 3.05) is 6.54 Å². The van der Waals surface area contributed by atoms with E-state index in [1.165, 1.54) is 6.07 Å². The molecule has 0 aliphatic rings. The van der Waals surface area contributed by atoms with E-state index < -0.39 is 5.60 Å². The molecule has 0 heterocycles. The molecule has 0 saturated heterocycles. The van der Waals surface area contributed by atoms with Crippen molar-refractivity contribution < 1.29 is 9.50 Å². The molecular weight excluding hydrogens is 273 g/mol. The molecule has 1 aromatic rings. The highest BCUT2D eigenvalue weighted by Gasteiger charge is 2.16. The minimum absolute atomic E-state index is 0.238. The Morgan fingerprint density at radius 1 is 1.50 bits per heavy atom. The van der Waals surface area contributed by atoms with Crippen LogP contribution < -0.4 is 5.32 Å². The van der Waals surface area contributed by atoms with Gasteiger partial charge in [0.15, 0.2) is 0 Å². The van der Waals surface area contributed by atoms with E-state index in [1.54, 1.807) is 19.1 Å². The van der Waals surface area contributed by atoms with Crippen molar-refractivity contribution in [1.29, 1.82) is 0 Å². The van der Waals surface area contributed by atoms with Crippen LogP contribution in [0.5, 0.6) is 0 Å². The quantitative estimate of drug-likeness (QED) is 0.874. The maximum absolute atomic E-state index is 13.4. The average molecular weight is 290 g/mol. The first-order valence-corrected chi connectivity index (χ1v) is 6.11. The number of hydrogen-bond acceptors (Lipinski definition) is 2. The molecule has 4 heteroatoms. The van der Waals surface area contributed by atoms with Gasteiger partial charge in [-0.1, -0.05) is 28.9 Å². The fraction of sp³-hybridized carbons (Fsp3) is 0.500. The van der Waals surface area contributed by atoms with Gasteiger partial charge in [0.1, 0.15) is 5.82 Å². The molecule has 1 atom stereocenters. The first-order chi connectivity index (χ1) is 7.44. The van der Waals surface area contributed by atoms with E-state index in [9.17, 15) is 9.50 Å². The highest BCUT2D eigenvalue weighted by Crippen LogP contribution is 2.15. The van der Waals surface area contributed by atoms with Crippen LogP contribution in [0.2, 0.25) is 0 Å². The second-order valence-corrected chi connectivity index (χ2v) is 5.11.